The molecule has 0 nitrogen and oxygen atoms in total. The van der Waals surface area contributed by atoms with E-state index in [2.05, 4.69) is 59.1 Å². The zero-order valence-electron chi connectivity index (χ0n) is 20.5. The summed E-state index contributed by atoms with van der Waals surface area (Å²) in [6.45, 7) is 27.0. The molecule has 0 saturated heterocycles. The van der Waals surface area contributed by atoms with Crippen LogP contribution < -0.4 is 68.9 Å². The Morgan fingerprint density at radius 2 is 1.32 bits per heavy atom. The van der Waals surface area contributed by atoms with E-state index in [0.29, 0.717) is 0 Å². The van der Waals surface area contributed by atoms with Gasteiger partial charge in [-0.2, -0.15) is 0 Å². The zero-order chi connectivity index (χ0) is 19.5. The summed E-state index contributed by atoms with van der Waals surface area (Å²) in [6.07, 6.45) is 14.5. The van der Waals surface area contributed by atoms with E-state index in [9.17, 15) is 0 Å². The van der Waals surface area contributed by atoms with Crippen molar-refractivity contribution in [2.45, 2.75) is 108 Å². The third-order valence-electron chi connectivity index (χ3n) is 3.07. The van der Waals surface area contributed by atoms with Gasteiger partial charge in [-0.25, -0.2) is 0 Å². The number of allylic oxidation sites excluding steroid dienone is 4. The van der Waals surface area contributed by atoms with Crippen molar-refractivity contribution in [3.05, 3.63) is 44.4 Å². The predicted octanol–water partition coefficient (Wildman–Crippen LogP) is 6.84. The van der Waals surface area contributed by atoms with Crippen LogP contribution in [0.2, 0.25) is 0 Å². The van der Waals surface area contributed by atoms with Crippen LogP contribution >= 0.6 is 0 Å². The summed E-state index contributed by atoms with van der Waals surface area (Å²) in [6, 6.07) is 0. The maximum Gasteiger partial charge on any atom is 1.00 e. The van der Waals surface area contributed by atoms with Gasteiger partial charge in [0.2, 0.25) is 0 Å². The van der Waals surface area contributed by atoms with Gasteiger partial charge in [-0.05, 0) is 25.7 Å². The Hall–Kier alpha value is 1.27. The second kappa shape index (κ2) is 56.2. The molecule has 150 valence electrons. The van der Waals surface area contributed by atoms with Crippen molar-refractivity contribution in [1.29, 1.82) is 0 Å². The van der Waals surface area contributed by atoms with Gasteiger partial charge in [0.25, 0.3) is 0 Å². The smallest absolute Gasteiger partial charge is 0.358 e. The molecule has 0 spiro atoms. The number of hydrogen-bond donors (Lipinski definition) is 0. The van der Waals surface area contributed by atoms with Crippen LogP contribution in [0.5, 0.6) is 0 Å². The first-order chi connectivity index (χ1) is 11.2. The second-order valence-corrected chi connectivity index (χ2v) is 4.45. The molecular formula is C24H53Cs. The van der Waals surface area contributed by atoms with Gasteiger partial charge in [-0.15, -0.1) is 13.2 Å². The Kier molecular flexibility index (Phi) is 102. The van der Waals surface area contributed by atoms with Gasteiger partial charge in [-0.1, -0.05) is 112 Å². The normalized spacial score (nSPS) is 9.64. The average molecular weight is 475 g/mol. The van der Waals surface area contributed by atoms with Gasteiger partial charge in [0, 0.05) is 0 Å². The van der Waals surface area contributed by atoms with Gasteiger partial charge in [0.1, 0.15) is 0 Å². The van der Waals surface area contributed by atoms with E-state index >= 15 is 0 Å². The molecule has 1 rings (SSSR count). The van der Waals surface area contributed by atoms with E-state index in [0.717, 1.165) is 5.92 Å². The van der Waals surface area contributed by atoms with E-state index in [1.165, 1.54) is 44.1 Å². The van der Waals surface area contributed by atoms with Crippen molar-refractivity contribution in [2.75, 3.05) is 0 Å². The van der Waals surface area contributed by atoms with Crippen molar-refractivity contribution in [3.63, 3.8) is 0 Å². The minimum Gasteiger partial charge on any atom is -0.358 e. The Morgan fingerprint density at radius 3 is 1.44 bits per heavy atom. The summed E-state index contributed by atoms with van der Waals surface area (Å²) >= 11 is 0. The van der Waals surface area contributed by atoms with Gasteiger partial charge in [0.15, 0.2) is 0 Å². The largest absolute Gasteiger partial charge is 1.00 e. The molecular weight excluding hydrogens is 421 g/mol. The third-order valence-corrected chi connectivity index (χ3v) is 3.07. The van der Waals surface area contributed by atoms with E-state index in [1.807, 2.05) is 41.5 Å². The van der Waals surface area contributed by atoms with Crippen LogP contribution in [0.15, 0.2) is 37.0 Å². The van der Waals surface area contributed by atoms with Gasteiger partial charge >= 0.3 is 68.9 Å². The molecule has 0 aromatic carbocycles. The van der Waals surface area contributed by atoms with E-state index < -0.39 is 0 Å². The monoisotopic (exact) mass is 474 g/mol. The van der Waals surface area contributed by atoms with Gasteiger partial charge < -0.3 is 7.43 Å². The molecule has 0 aromatic heterocycles. The van der Waals surface area contributed by atoms with Crippen molar-refractivity contribution in [3.8, 4) is 0 Å². The van der Waals surface area contributed by atoms with Crippen molar-refractivity contribution in [1.82, 2.24) is 0 Å². The van der Waals surface area contributed by atoms with E-state index in [1.54, 1.807) is 0 Å². The summed E-state index contributed by atoms with van der Waals surface area (Å²) in [5.41, 5.74) is 1.50. The minimum absolute atomic E-state index is 0. The maximum atomic E-state index is 3.00. The molecule has 0 heterocycles. The van der Waals surface area contributed by atoms with Crippen molar-refractivity contribution < 1.29 is 68.9 Å². The molecule has 0 bridgehead atoms. The molecule has 0 radical (unpaired) electrons. The van der Waals surface area contributed by atoms with Gasteiger partial charge in [0.05, 0.1) is 0 Å². The Bertz CT molecular complexity index is 200. The Balaban J connectivity index is -0.0000000351. The minimum atomic E-state index is 0. The molecule has 0 unspecified atom stereocenters. The zero-order valence-corrected chi connectivity index (χ0v) is 26.7. The molecule has 0 aliphatic heterocycles. The van der Waals surface area contributed by atoms with Crippen LogP contribution in [-0.2, 0) is 0 Å². The summed E-state index contributed by atoms with van der Waals surface area (Å²) in [5.74, 6) is 1.000. The molecule has 1 aliphatic rings. The standard InChI is InChI=1S/C8H18.C7H10.3C2H6.C2H4.CH3.Cs/c1-4-7-8(5-2)6-3;1-7-5-3-2-4-6-7;4*1-2;;/h8H,4-7H2,1-3H3;2-3,5H,4,6H2,1H3;3*1-2H3;1-2H2;1H3;/q;;;;;;-1;+1. The van der Waals surface area contributed by atoms with Crippen LogP contribution in [0.25, 0.3) is 0 Å². The first-order valence-electron chi connectivity index (χ1n) is 10.1. The fourth-order valence-electron chi connectivity index (χ4n) is 1.83. The fourth-order valence-corrected chi connectivity index (χ4v) is 1.83. The number of rotatable bonds is 4. The Labute approximate surface area is 223 Å². The van der Waals surface area contributed by atoms with Crippen molar-refractivity contribution in [2.24, 2.45) is 5.92 Å². The molecule has 25 heavy (non-hydrogen) atoms. The van der Waals surface area contributed by atoms with Crippen molar-refractivity contribution >= 4 is 0 Å². The van der Waals surface area contributed by atoms with Crippen LogP contribution in [0, 0.1) is 13.3 Å². The Morgan fingerprint density at radius 1 is 0.920 bits per heavy atom. The van der Waals surface area contributed by atoms with Crippen LogP contribution in [0.4, 0.5) is 0 Å². The SMILES string of the molecule is C=C.CC.CC.CC.CC1=CC=CCC1.CCCC(CC)CC.[CH3-].[Cs+]. The average Bonchev–Trinajstić information content (AvgIpc) is 2.67. The van der Waals surface area contributed by atoms with Crippen LogP contribution in [-0.4, -0.2) is 0 Å². The number of hydrogen-bond acceptors (Lipinski definition) is 0. The first kappa shape index (κ1) is 45.2. The molecule has 0 aromatic rings. The maximum absolute atomic E-state index is 3.00. The summed E-state index contributed by atoms with van der Waals surface area (Å²) in [7, 11) is 0. The summed E-state index contributed by atoms with van der Waals surface area (Å²) in [5, 5.41) is 0. The topological polar surface area (TPSA) is 0 Å². The molecule has 0 fully saturated rings. The molecule has 0 saturated carbocycles. The van der Waals surface area contributed by atoms with Gasteiger partial charge in [-0.3, -0.25) is 0 Å². The molecule has 0 atom stereocenters. The second-order valence-electron chi connectivity index (χ2n) is 4.45. The van der Waals surface area contributed by atoms with E-state index in [-0.39, 0.29) is 76.3 Å². The van der Waals surface area contributed by atoms with Crippen LogP contribution in [0.3, 0.4) is 0 Å². The molecule has 1 aliphatic carbocycles. The summed E-state index contributed by atoms with van der Waals surface area (Å²) < 4.78 is 0. The molecule has 1 heteroatoms. The third kappa shape index (κ3) is 51.7. The fraction of sp³-hybridized carbons (Fsp3) is 0.708. The predicted molar refractivity (Wildman–Crippen MR) is 123 cm³/mol. The van der Waals surface area contributed by atoms with Crippen LogP contribution in [0.1, 0.15) is 108 Å². The first-order valence-corrected chi connectivity index (χ1v) is 10.1. The van der Waals surface area contributed by atoms with E-state index in [4.69, 9.17) is 0 Å². The quantitative estimate of drug-likeness (QED) is 0.309. The molecule has 0 N–H and O–H groups in total. The molecule has 0 amide bonds. The summed E-state index contributed by atoms with van der Waals surface area (Å²) in [4.78, 5) is 0.